The first-order valence-electron chi connectivity index (χ1n) is 6.82. The van der Waals surface area contributed by atoms with E-state index in [1.54, 1.807) is 19.1 Å². The van der Waals surface area contributed by atoms with Crippen molar-refractivity contribution in [1.82, 2.24) is 0 Å². The van der Waals surface area contributed by atoms with Crippen LogP contribution in [0.15, 0.2) is 0 Å². The maximum Gasteiger partial charge on any atom is 0.389 e. The molecule has 0 aliphatic rings. The highest BCUT2D eigenvalue weighted by Gasteiger charge is 2.46. The fourth-order valence-corrected chi connectivity index (χ4v) is 2.02. The molecule has 0 saturated carbocycles. The lowest BCUT2D eigenvalue weighted by atomic mass is 9.72. The summed E-state index contributed by atoms with van der Waals surface area (Å²) in [5.41, 5.74) is -2.00. The van der Waals surface area contributed by atoms with Crippen LogP contribution < -0.4 is 0 Å². The normalized spacial score (nSPS) is 13.1. The highest BCUT2D eigenvalue weighted by molar-refractivity contribution is 5.74. The molecule has 7 heteroatoms. The Balaban J connectivity index is 5.35. The first-order valence-corrected chi connectivity index (χ1v) is 6.82. The SMILES string of the molecule is CCCCC(C(=O)OCC)C(C#N)(C#N)CCC(F)(F)F. The van der Waals surface area contributed by atoms with Gasteiger partial charge >= 0.3 is 12.1 Å². The quantitative estimate of drug-likeness (QED) is 0.640. The van der Waals surface area contributed by atoms with Crippen molar-refractivity contribution >= 4 is 5.97 Å². The number of hydrogen-bond acceptors (Lipinski definition) is 4. The van der Waals surface area contributed by atoms with E-state index in [2.05, 4.69) is 0 Å². The summed E-state index contributed by atoms with van der Waals surface area (Å²) in [5.74, 6) is -1.94. The largest absolute Gasteiger partial charge is 0.466 e. The number of rotatable bonds is 8. The number of esters is 1. The zero-order valence-electron chi connectivity index (χ0n) is 12.2. The van der Waals surface area contributed by atoms with Crippen molar-refractivity contribution in [1.29, 1.82) is 10.5 Å². The smallest absolute Gasteiger partial charge is 0.389 e. The Hall–Kier alpha value is -1.76. The molecule has 0 aromatic heterocycles. The average molecular weight is 304 g/mol. The molecular weight excluding hydrogens is 285 g/mol. The van der Waals surface area contributed by atoms with Gasteiger partial charge in [0.15, 0.2) is 5.41 Å². The standard InChI is InChI=1S/C14H19F3N2O2/c1-3-5-6-11(12(20)21-4-2)13(9-18,10-19)7-8-14(15,16)17/h11H,3-8H2,1-2H3. The number of halogens is 3. The summed E-state index contributed by atoms with van der Waals surface area (Å²) in [6.07, 6.45) is -5.10. The van der Waals surface area contributed by atoms with Gasteiger partial charge in [-0.2, -0.15) is 23.7 Å². The Morgan fingerprint density at radius 1 is 1.19 bits per heavy atom. The number of nitrogens with zero attached hydrogens (tertiary/aromatic N) is 2. The number of unbranched alkanes of at least 4 members (excludes halogenated alkanes) is 1. The van der Waals surface area contributed by atoms with Crippen LogP contribution >= 0.6 is 0 Å². The summed E-state index contributed by atoms with van der Waals surface area (Å²) in [4.78, 5) is 11.9. The zero-order valence-corrected chi connectivity index (χ0v) is 12.2. The van der Waals surface area contributed by atoms with Gasteiger partial charge in [0.05, 0.1) is 24.7 Å². The predicted molar refractivity (Wildman–Crippen MR) is 68.6 cm³/mol. The lowest BCUT2D eigenvalue weighted by molar-refractivity contribution is -0.155. The zero-order chi connectivity index (χ0) is 16.5. The van der Waals surface area contributed by atoms with Crippen LogP contribution in [0.1, 0.15) is 46.0 Å². The summed E-state index contributed by atoms with van der Waals surface area (Å²) in [6, 6.07) is 3.25. The van der Waals surface area contributed by atoms with Gasteiger partial charge < -0.3 is 4.74 Å². The van der Waals surface area contributed by atoms with Gasteiger partial charge in [0.1, 0.15) is 0 Å². The molecule has 0 aromatic carbocycles. The molecule has 0 saturated heterocycles. The van der Waals surface area contributed by atoms with E-state index in [-0.39, 0.29) is 13.0 Å². The molecule has 0 aliphatic heterocycles. The van der Waals surface area contributed by atoms with E-state index in [0.717, 1.165) is 0 Å². The van der Waals surface area contributed by atoms with Crippen LogP contribution in [-0.2, 0) is 9.53 Å². The van der Waals surface area contributed by atoms with Crippen LogP contribution in [-0.4, -0.2) is 18.8 Å². The highest BCUT2D eigenvalue weighted by Crippen LogP contribution is 2.39. The van der Waals surface area contributed by atoms with Crippen LogP contribution in [0, 0.1) is 34.0 Å². The van der Waals surface area contributed by atoms with Gasteiger partial charge in [0.2, 0.25) is 0 Å². The summed E-state index contributed by atoms with van der Waals surface area (Å²) in [7, 11) is 0. The molecule has 0 amide bonds. The second-order valence-corrected chi connectivity index (χ2v) is 4.76. The van der Waals surface area contributed by atoms with Crippen LogP contribution in [0.4, 0.5) is 13.2 Å². The van der Waals surface area contributed by atoms with Gasteiger partial charge in [-0.05, 0) is 19.8 Å². The van der Waals surface area contributed by atoms with E-state index in [9.17, 15) is 28.5 Å². The molecule has 0 fully saturated rings. The van der Waals surface area contributed by atoms with Crippen molar-refractivity contribution in [2.45, 2.75) is 52.1 Å². The summed E-state index contributed by atoms with van der Waals surface area (Å²) >= 11 is 0. The van der Waals surface area contributed by atoms with E-state index < -0.39 is 36.3 Å². The molecule has 0 heterocycles. The third-order valence-electron chi connectivity index (χ3n) is 3.21. The molecule has 1 unspecified atom stereocenters. The Kier molecular flexibility index (Phi) is 7.80. The molecular formula is C14H19F3N2O2. The van der Waals surface area contributed by atoms with E-state index in [1.807, 2.05) is 6.92 Å². The lowest BCUT2D eigenvalue weighted by Gasteiger charge is -2.27. The number of nitriles is 2. The lowest BCUT2D eigenvalue weighted by Crippen LogP contribution is -2.36. The van der Waals surface area contributed by atoms with Gasteiger partial charge in [-0.15, -0.1) is 0 Å². The van der Waals surface area contributed by atoms with Crippen LogP contribution in [0.3, 0.4) is 0 Å². The number of carbonyl (C=O) groups excluding carboxylic acids is 1. The number of ether oxygens (including phenoxy) is 1. The van der Waals surface area contributed by atoms with Gasteiger partial charge in [0.25, 0.3) is 0 Å². The van der Waals surface area contributed by atoms with E-state index in [4.69, 9.17) is 4.74 Å². The molecule has 0 bridgehead atoms. The van der Waals surface area contributed by atoms with E-state index in [0.29, 0.717) is 12.8 Å². The van der Waals surface area contributed by atoms with Crippen LogP contribution in [0.5, 0.6) is 0 Å². The molecule has 0 rings (SSSR count). The van der Waals surface area contributed by atoms with Crippen LogP contribution in [0.25, 0.3) is 0 Å². The van der Waals surface area contributed by atoms with Gasteiger partial charge in [-0.3, -0.25) is 4.79 Å². The van der Waals surface area contributed by atoms with Gasteiger partial charge in [-0.25, -0.2) is 0 Å². The fraction of sp³-hybridized carbons (Fsp3) is 0.786. The van der Waals surface area contributed by atoms with E-state index >= 15 is 0 Å². The van der Waals surface area contributed by atoms with Crippen molar-refractivity contribution in [3.8, 4) is 12.1 Å². The molecule has 0 N–H and O–H groups in total. The van der Waals surface area contributed by atoms with Crippen molar-refractivity contribution < 1.29 is 22.7 Å². The number of hydrogen-bond donors (Lipinski definition) is 0. The minimum Gasteiger partial charge on any atom is -0.466 e. The minimum absolute atomic E-state index is 0.0493. The van der Waals surface area contributed by atoms with Gasteiger partial charge in [0, 0.05) is 6.42 Å². The summed E-state index contributed by atoms with van der Waals surface area (Å²) in [6.45, 7) is 3.46. The molecule has 0 spiro atoms. The monoisotopic (exact) mass is 304 g/mol. The average Bonchev–Trinajstić information content (AvgIpc) is 2.42. The Morgan fingerprint density at radius 3 is 2.14 bits per heavy atom. The van der Waals surface area contributed by atoms with Crippen LogP contribution in [0.2, 0.25) is 0 Å². The number of carbonyl (C=O) groups is 1. The molecule has 1 atom stereocenters. The molecule has 118 valence electrons. The highest BCUT2D eigenvalue weighted by atomic mass is 19.4. The molecule has 21 heavy (non-hydrogen) atoms. The van der Waals surface area contributed by atoms with E-state index in [1.165, 1.54) is 0 Å². The minimum atomic E-state index is -4.48. The Labute approximate surface area is 122 Å². The van der Waals surface area contributed by atoms with Crippen molar-refractivity contribution in [3.05, 3.63) is 0 Å². The van der Waals surface area contributed by atoms with Gasteiger partial charge in [-0.1, -0.05) is 19.8 Å². The van der Waals surface area contributed by atoms with Crippen molar-refractivity contribution in [2.75, 3.05) is 6.61 Å². The summed E-state index contributed by atoms with van der Waals surface area (Å²) in [5, 5.41) is 18.4. The second-order valence-electron chi connectivity index (χ2n) is 4.76. The first kappa shape index (κ1) is 19.2. The Morgan fingerprint density at radius 2 is 1.76 bits per heavy atom. The maximum atomic E-state index is 12.4. The molecule has 0 aliphatic carbocycles. The first-order chi connectivity index (χ1) is 9.76. The Bertz CT molecular complexity index is 407. The van der Waals surface area contributed by atoms with Crippen molar-refractivity contribution in [3.63, 3.8) is 0 Å². The molecule has 0 aromatic rings. The second kappa shape index (κ2) is 8.51. The fourth-order valence-electron chi connectivity index (χ4n) is 2.02. The molecule has 0 radical (unpaired) electrons. The molecule has 4 nitrogen and oxygen atoms in total. The third-order valence-corrected chi connectivity index (χ3v) is 3.21. The predicted octanol–water partition coefficient (Wildman–Crippen LogP) is 3.73. The third kappa shape index (κ3) is 6.03. The van der Waals surface area contributed by atoms with Crippen molar-refractivity contribution in [2.24, 2.45) is 11.3 Å². The number of alkyl halides is 3. The topological polar surface area (TPSA) is 73.9 Å². The maximum absolute atomic E-state index is 12.4. The summed E-state index contributed by atoms with van der Waals surface area (Å²) < 4.78 is 42.0.